The Morgan fingerprint density at radius 2 is 1.17 bits per heavy atom. The van der Waals surface area contributed by atoms with E-state index in [1.807, 2.05) is 0 Å². The van der Waals surface area contributed by atoms with Gasteiger partial charge in [-0.1, -0.05) is 0 Å². The number of hydrogen-bond donors (Lipinski definition) is 1. The maximum Gasteiger partial charge on any atom is 1.00 e. The van der Waals surface area contributed by atoms with E-state index in [1.165, 1.54) is 0 Å². The second-order valence-electron chi connectivity index (χ2n) is 0.343. The van der Waals surface area contributed by atoms with Crippen LogP contribution in [0.25, 0.3) is 0 Å². The van der Waals surface area contributed by atoms with Crippen LogP contribution in [-0.4, -0.2) is 38.6 Å². The van der Waals surface area contributed by atoms with Crippen LogP contribution in [0.15, 0.2) is 0 Å². The molecule has 0 unspecified atom stereocenters. The Morgan fingerprint density at radius 3 is 1.17 bits per heavy atom. The zero-order chi connectivity index (χ0) is 4.28. The first-order chi connectivity index (χ1) is 2.27. The quantitative estimate of drug-likeness (QED) is 0.405. The largest absolute Gasteiger partial charge is 1.00 e. The minimum Gasteiger partial charge on any atom is -1.00 e. The van der Waals surface area contributed by atoms with Crippen molar-refractivity contribution in [2.24, 2.45) is 0 Å². The molecule has 0 aromatic heterocycles. The number of carbonyl (C=O) groups is 1. The van der Waals surface area contributed by atoms with Gasteiger partial charge in [0.05, 0.1) is 0 Å². The minimum absolute atomic E-state index is 0. The standard InChI is InChI=1S/CHClO3.2Na.5H2O.2H/c2-5-1(3)4;;;;;;;;;/h(H,3,4);;;5*1H2;;/q;2*+1;;;;;;2*-1. The van der Waals surface area contributed by atoms with Crippen molar-refractivity contribution in [2.75, 3.05) is 0 Å². The molecule has 0 saturated carbocycles. The zero-order valence-corrected chi connectivity index (χ0v) is 11.4. The smallest absolute Gasteiger partial charge is 1.00 e. The molecule has 0 bridgehead atoms. The fourth-order valence-corrected chi connectivity index (χ4v) is 0. The van der Waals surface area contributed by atoms with Gasteiger partial charge in [-0.2, -0.15) is 0 Å². The summed E-state index contributed by atoms with van der Waals surface area (Å²) in [5, 5.41) is 7.37. The monoisotopic (exact) mass is 234 g/mol. The topological polar surface area (TPSA) is 204 Å². The van der Waals surface area contributed by atoms with Gasteiger partial charge in [0, 0.05) is 0 Å². The van der Waals surface area contributed by atoms with E-state index >= 15 is 0 Å². The normalized spacial score (nSPS) is 2.75. The molecule has 0 radical (unpaired) electrons. The second kappa shape index (κ2) is 55.5. The van der Waals surface area contributed by atoms with Crippen LogP contribution in [0.3, 0.4) is 0 Å². The Labute approximate surface area is 120 Å². The summed E-state index contributed by atoms with van der Waals surface area (Å²) < 4.78 is 3.14. The third kappa shape index (κ3) is 108. The molecule has 12 heavy (non-hydrogen) atoms. The first-order valence-electron chi connectivity index (χ1n) is 0.786. The Morgan fingerprint density at radius 1 is 1.08 bits per heavy atom. The first kappa shape index (κ1) is 71.0. The molecule has 0 amide bonds. The van der Waals surface area contributed by atoms with E-state index in [1.54, 1.807) is 0 Å². The molecule has 0 saturated heterocycles. The third-order valence-corrected chi connectivity index (χ3v) is 0.198. The van der Waals surface area contributed by atoms with Gasteiger partial charge in [0.15, 0.2) is 0 Å². The maximum absolute atomic E-state index is 9.01. The predicted octanol–water partition coefficient (Wildman–Crippen LogP) is -9.06. The van der Waals surface area contributed by atoms with Crippen molar-refractivity contribution in [3.05, 3.63) is 0 Å². The predicted molar refractivity (Wildman–Crippen MR) is 35.3 cm³/mol. The van der Waals surface area contributed by atoms with Crippen LogP contribution < -0.4 is 59.1 Å². The Kier molecular flexibility index (Phi) is 329. The third-order valence-electron chi connectivity index (χ3n) is 0.0660. The van der Waals surface area contributed by atoms with Crippen molar-refractivity contribution in [3.8, 4) is 0 Å². The van der Waals surface area contributed by atoms with Crippen LogP contribution in [0.4, 0.5) is 4.79 Å². The molecule has 0 atom stereocenters. The molecular weight excluding hydrogens is 221 g/mol. The van der Waals surface area contributed by atoms with Gasteiger partial charge in [0.25, 0.3) is 0 Å². The number of halogens is 1. The molecule has 74 valence electrons. The molecule has 0 aliphatic carbocycles. The van der Waals surface area contributed by atoms with Gasteiger partial charge < -0.3 is 39.6 Å². The zero-order valence-electron chi connectivity index (χ0n) is 8.64. The van der Waals surface area contributed by atoms with E-state index in [-0.39, 0.29) is 89.3 Å². The molecule has 11 heteroatoms. The van der Waals surface area contributed by atoms with Crippen molar-refractivity contribution >= 4 is 18.0 Å². The average molecular weight is 235 g/mol. The van der Waals surface area contributed by atoms with Crippen molar-refractivity contribution in [2.45, 2.75) is 0 Å². The summed E-state index contributed by atoms with van der Waals surface area (Å²) in [5.41, 5.74) is 0. The van der Waals surface area contributed by atoms with Crippen LogP contribution in [0.1, 0.15) is 2.85 Å². The van der Waals surface area contributed by atoms with Crippen molar-refractivity contribution in [3.63, 3.8) is 0 Å². The molecule has 0 aliphatic heterocycles. The number of carboxylic acid groups (broad SMARTS) is 1. The van der Waals surface area contributed by atoms with Crippen LogP contribution in [0.5, 0.6) is 0 Å². The van der Waals surface area contributed by atoms with Crippen molar-refractivity contribution < 1.29 is 104 Å². The SMILES string of the molecule is O.O.O.O.O.O=C(O)OCl.[H-].[H-].[Na+].[Na+]. The fourth-order valence-electron chi connectivity index (χ4n) is 0. The summed E-state index contributed by atoms with van der Waals surface area (Å²) in [6, 6.07) is 0. The van der Waals surface area contributed by atoms with E-state index in [0.29, 0.717) is 0 Å². The average Bonchev–Trinajstić information content (AvgIpc) is 1.38. The Bertz CT molecular complexity index is 60.6. The van der Waals surface area contributed by atoms with Crippen molar-refractivity contribution in [1.82, 2.24) is 0 Å². The summed E-state index contributed by atoms with van der Waals surface area (Å²) >= 11 is 4.24. The van der Waals surface area contributed by atoms with Gasteiger partial charge in [-0.25, -0.2) is 4.79 Å². The number of hydrogen-bond acceptors (Lipinski definition) is 2. The van der Waals surface area contributed by atoms with Gasteiger partial charge in [-0.05, 0) is 0 Å². The van der Waals surface area contributed by atoms with E-state index in [9.17, 15) is 0 Å². The van der Waals surface area contributed by atoms with Gasteiger partial charge in [-0.3, -0.25) is 0 Å². The molecule has 0 rings (SSSR count). The van der Waals surface area contributed by atoms with Crippen molar-refractivity contribution in [1.29, 1.82) is 0 Å². The van der Waals surface area contributed by atoms with Crippen LogP contribution in [-0.2, 0) is 4.29 Å². The van der Waals surface area contributed by atoms with Gasteiger partial charge >= 0.3 is 65.3 Å². The minimum atomic E-state index is -1.48. The summed E-state index contributed by atoms with van der Waals surface area (Å²) in [6.07, 6.45) is -1.48. The molecule has 11 N–H and O–H groups in total. The molecule has 0 aromatic rings. The summed E-state index contributed by atoms with van der Waals surface area (Å²) in [6.45, 7) is 0. The fraction of sp³-hybridized carbons (Fsp3) is 0. The Hall–Kier alpha value is 1.36. The maximum atomic E-state index is 9.01. The summed E-state index contributed by atoms with van der Waals surface area (Å²) in [7, 11) is 0. The molecular formula is CH13ClNa2O8. The first-order valence-corrected chi connectivity index (χ1v) is 1.09. The molecule has 0 aliphatic rings. The van der Waals surface area contributed by atoms with Gasteiger partial charge in [-0.15, -0.1) is 0 Å². The number of rotatable bonds is 0. The molecule has 0 spiro atoms. The molecule has 0 aromatic carbocycles. The van der Waals surface area contributed by atoms with Crippen LogP contribution in [0, 0.1) is 0 Å². The molecule has 0 heterocycles. The van der Waals surface area contributed by atoms with E-state index in [2.05, 4.69) is 16.2 Å². The second-order valence-corrected chi connectivity index (χ2v) is 0.497. The van der Waals surface area contributed by atoms with Gasteiger partial charge in [0.2, 0.25) is 0 Å². The molecule has 0 fully saturated rings. The van der Waals surface area contributed by atoms with Gasteiger partial charge in [0.1, 0.15) is 11.9 Å². The van der Waals surface area contributed by atoms with Crippen LogP contribution >= 0.6 is 11.9 Å². The Balaban J connectivity index is -0.00000000222. The molecule has 8 nitrogen and oxygen atoms in total. The van der Waals surface area contributed by atoms with E-state index in [0.717, 1.165) is 0 Å². The van der Waals surface area contributed by atoms with E-state index < -0.39 is 6.16 Å². The summed E-state index contributed by atoms with van der Waals surface area (Å²) in [4.78, 5) is 9.01. The van der Waals surface area contributed by atoms with E-state index in [4.69, 9.17) is 9.90 Å². The van der Waals surface area contributed by atoms with Crippen LogP contribution in [0.2, 0.25) is 0 Å². The summed E-state index contributed by atoms with van der Waals surface area (Å²) in [5.74, 6) is 0.